The largest absolute Gasteiger partial charge is 0.507 e. The van der Waals surface area contributed by atoms with Crippen LogP contribution in [-0.4, -0.2) is 53.5 Å². The minimum atomic E-state index is -0.481. The number of H-pyrrole nitrogens is 1. The van der Waals surface area contributed by atoms with E-state index in [2.05, 4.69) is 17.1 Å². The first-order chi connectivity index (χ1) is 19.9. The van der Waals surface area contributed by atoms with Crippen molar-refractivity contribution in [2.75, 3.05) is 27.4 Å². The smallest absolute Gasteiger partial charge is 0.273 e. The summed E-state index contributed by atoms with van der Waals surface area (Å²) in [7, 11) is 3.24. The lowest BCUT2D eigenvalue weighted by Crippen LogP contribution is -2.31. The maximum Gasteiger partial charge on any atom is 0.273 e. The van der Waals surface area contributed by atoms with E-state index in [1.807, 2.05) is 47.4 Å². The number of ether oxygens (including phenoxy) is 3. The fraction of sp³-hybridized carbons (Fsp3) is 0.312. The van der Waals surface area contributed by atoms with Crippen molar-refractivity contribution in [3.63, 3.8) is 0 Å². The summed E-state index contributed by atoms with van der Waals surface area (Å²) in [6.45, 7) is 3.21. The molecule has 0 fully saturated rings. The molecule has 0 saturated carbocycles. The molecule has 8 nitrogen and oxygen atoms in total. The number of phenols is 1. The number of rotatable bonds is 12. The van der Waals surface area contributed by atoms with E-state index < -0.39 is 6.04 Å². The van der Waals surface area contributed by atoms with Crippen LogP contribution in [0.4, 0.5) is 0 Å². The number of amides is 1. The number of aromatic nitrogens is 2. The van der Waals surface area contributed by atoms with Gasteiger partial charge in [-0.05, 0) is 66.4 Å². The lowest BCUT2D eigenvalue weighted by Gasteiger charge is -2.27. The third-order valence-electron chi connectivity index (χ3n) is 7.39. The van der Waals surface area contributed by atoms with Crippen LogP contribution in [0.15, 0.2) is 60.7 Å². The zero-order valence-electron chi connectivity index (χ0n) is 23.4. The predicted molar refractivity (Wildman–Crippen MR) is 158 cm³/mol. The molecule has 0 saturated heterocycles. The number of unbranched alkanes of at least 4 members (excludes halogenated alkanes) is 2. The Hall–Kier alpha value is -4.17. The second-order valence-electron chi connectivity index (χ2n) is 9.99. The van der Waals surface area contributed by atoms with Crippen LogP contribution in [-0.2, 0) is 6.42 Å². The molecule has 1 aromatic heterocycles. The quantitative estimate of drug-likeness (QED) is 0.180. The van der Waals surface area contributed by atoms with Crippen molar-refractivity contribution in [3.05, 3.63) is 88.1 Å². The topological polar surface area (TPSA) is 96.9 Å². The number of benzene rings is 3. The number of aromatic amines is 1. The van der Waals surface area contributed by atoms with Crippen molar-refractivity contribution in [3.8, 4) is 34.3 Å². The number of nitrogens with zero attached hydrogens (tertiary/aromatic N) is 2. The summed E-state index contributed by atoms with van der Waals surface area (Å²) in [5.41, 5.74) is 3.91. The summed E-state index contributed by atoms with van der Waals surface area (Å²) in [6.07, 6.45) is 3.80. The second-order valence-corrected chi connectivity index (χ2v) is 10.4. The number of carbonyl (C=O) groups is 1. The summed E-state index contributed by atoms with van der Waals surface area (Å²) in [4.78, 5) is 15.6. The van der Waals surface area contributed by atoms with Gasteiger partial charge in [0.2, 0.25) is 0 Å². The minimum Gasteiger partial charge on any atom is -0.507 e. The Morgan fingerprint density at radius 1 is 1.00 bits per heavy atom. The van der Waals surface area contributed by atoms with Gasteiger partial charge in [0, 0.05) is 22.7 Å². The lowest BCUT2D eigenvalue weighted by molar-refractivity contribution is 0.0745. The van der Waals surface area contributed by atoms with Crippen LogP contribution in [0.1, 0.15) is 59.4 Å². The molecule has 0 bridgehead atoms. The fourth-order valence-electron chi connectivity index (χ4n) is 5.23. The SMILES string of the molecule is CCCCCOc1ccc(C2c3c(-c4cc(Cl)ccc4O)n[nH]c3C(=O)N2CCc2ccc(OC)cc2)cc1OC. The highest BCUT2D eigenvalue weighted by atomic mass is 35.5. The molecular weight excluding hydrogens is 542 g/mol. The van der Waals surface area contributed by atoms with E-state index in [4.69, 9.17) is 25.8 Å². The lowest BCUT2D eigenvalue weighted by atomic mass is 9.95. The van der Waals surface area contributed by atoms with Crippen LogP contribution in [0.5, 0.6) is 23.0 Å². The van der Waals surface area contributed by atoms with Gasteiger partial charge in [0.25, 0.3) is 5.91 Å². The molecule has 0 radical (unpaired) electrons. The van der Waals surface area contributed by atoms with Crippen molar-refractivity contribution in [2.24, 2.45) is 0 Å². The molecule has 1 aliphatic rings. The van der Waals surface area contributed by atoms with Gasteiger partial charge >= 0.3 is 0 Å². The number of fused-ring (bicyclic) bond motifs is 1. The Morgan fingerprint density at radius 3 is 2.54 bits per heavy atom. The Kier molecular flexibility index (Phi) is 8.69. The number of hydrogen-bond acceptors (Lipinski definition) is 6. The molecule has 1 amide bonds. The van der Waals surface area contributed by atoms with Crippen LogP contribution in [0.3, 0.4) is 0 Å². The highest BCUT2D eigenvalue weighted by molar-refractivity contribution is 6.31. The van der Waals surface area contributed by atoms with E-state index in [1.165, 1.54) is 6.07 Å². The van der Waals surface area contributed by atoms with Gasteiger partial charge in [0.05, 0.1) is 26.9 Å². The van der Waals surface area contributed by atoms with E-state index in [1.54, 1.807) is 26.4 Å². The number of aromatic hydroxyl groups is 1. The number of halogens is 1. The highest BCUT2D eigenvalue weighted by Crippen LogP contribution is 2.46. The first-order valence-electron chi connectivity index (χ1n) is 13.8. The maximum atomic E-state index is 13.8. The molecule has 3 aromatic carbocycles. The van der Waals surface area contributed by atoms with Crippen LogP contribution in [0, 0.1) is 0 Å². The van der Waals surface area contributed by atoms with Crippen molar-refractivity contribution >= 4 is 17.5 Å². The molecule has 1 atom stereocenters. The van der Waals surface area contributed by atoms with Crippen molar-refractivity contribution in [1.29, 1.82) is 0 Å². The van der Waals surface area contributed by atoms with Crippen LogP contribution >= 0.6 is 11.6 Å². The van der Waals surface area contributed by atoms with E-state index in [0.29, 0.717) is 58.6 Å². The first-order valence-corrected chi connectivity index (χ1v) is 14.1. The molecule has 2 N–H and O–H groups in total. The monoisotopic (exact) mass is 575 g/mol. The molecule has 4 aromatic rings. The third-order valence-corrected chi connectivity index (χ3v) is 7.62. The molecular formula is C32H34ClN3O5. The molecule has 2 heterocycles. The van der Waals surface area contributed by atoms with Gasteiger partial charge in [0.1, 0.15) is 22.9 Å². The van der Waals surface area contributed by atoms with E-state index in [-0.39, 0.29) is 11.7 Å². The van der Waals surface area contributed by atoms with Crippen molar-refractivity contribution in [1.82, 2.24) is 15.1 Å². The van der Waals surface area contributed by atoms with Gasteiger partial charge in [-0.1, -0.05) is 49.6 Å². The molecule has 1 aliphatic heterocycles. The van der Waals surface area contributed by atoms with Crippen molar-refractivity contribution in [2.45, 2.75) is 38.6 Å². The average molecular weight is 576 g/mol. The first kappa shape index (κ1) is 28.4. The minimum absolute atomic E-state index is 0.0278. The van der Waals surface area contributed by atoms with Crippen LogP contribution in [0.25, 0.3) is 11.3 Å². The van der Waals surface area contributed by atoms with E-state index in [0.717, 1.165) is 36.1 Å². The summed E-state index contributed by atoms with van der Waals surface area (Å²) in [5.74, 6) is 1.88. The van der Waals surface area contributed by atoms with Gasteiger partial charge in [-0.2, -0.15) is 5.10 Å². The van der Waals surface area contributed by atoms with Gasteiger partial charge in [-0.15, -0.1) is 0 Å². The van der Waals surface area contributed by atoms with Gasteiger partial charge < -0.3 is 24.2 Å². The average Bonchev–Trinajstić information content (AvgIpc) is 3.54. The van der Waals surface area contributed by atoms with Crippen LogP contribution in [0.2, 0.25) is 5.02 Å². The Morgan fingerprint density at radius 2 is 1.80 bits per heavy atom. The molecule has 0 aliphatic carbocycles. The van der Waals surface area contributed by atoms with Crippen molar-refractivity contribution < 1.29 is 24.1 Å². The summed E-state index contributed by atoms with van der Waals surface area (Å²) in [6, 6.07) is 17.9. The molecule has 1 unspecified atom stereocenters. The molecule has 9 heteroatoms. The second kappa shape index (κ2) is 12.6. The zero-order chi connectivity index (χ0) is 28.9. The van der Waals surface area contributed by atoms with Gasteiger partial charge in [-0.3, -0.25) is 9.89 Å². The molecule has 214 valence electrons. The van der Waals surface area contributed by atoms with E-state index >= 15 is 0 Å². The zero-order valence-corrected chi connectivity index (χ0v) is 24.2. The van der Waals surface area contributed by atoms with Crippen LogP contribution < -0.4 is 14.2 Å². The van der Waals surface area contributed by atoms with Gasteiger partial charge in [-0.25, -0.2) is 0 Å². The standard InChI is InChI=1S/C32H34ClN3O5/c1-4-5-6-17-41-26-14-9-21(18-27(26)40-3)31-28-29(24-19-22(33)10-13-25(24)37)34-35-30(28)32(38)36(31)16-15-20-7-11-23(39-2)12-8-20/h7-14,18-19,31,37H,4-6,15-17H2,1-3H3,(H,34,35). The Bertz CT molecular complexity index is 1520. The maximum absolute atomic E-state index is 13.8. The fourth-order valence-corrected chi connectivity index (χ4v) is 5.40. The number of methoxy groups -OCH3 is 2. The molecule has 5 rings (SSSR count). The summed E-state index contributed by atoms with van der Waals surface area (Å²) >= 11 is 6.29. The predicted octanol–water partition coefficient (Wildman–Crippen LogP) is 6.81. The molecule has 41 heavy (non-hydrogen) atoms. The van der Waals surface area contributed by atoms with Gasteiger partial charge in [0.15, 0.2) is 11.5 Å². The Balaban J connectivity index is 1.54. The number of carbonyl (C=O) groups excluding carboxylic acids is 1. The number of nitrogens with one attached hydrogen (secondary N) is 1. The molecule has 0 spiro atoms. The normalized spacial score (nSPS) is 14.3. The summed E-state index contributed by atoms with van der Waals surface area (Å²) in [5, 5.41) is 18.6. The summed E-state index contributed by atoms with van der Waals surface area (Å²) < 4.78 is 17.0. The third kappa shape index (κ3) is 5.84. The number of hydrogen-bond donors (Lipinski definition) is 2. The van der Waals surface area contributed by atoms with E-state index in [9.17, 15) is 9.90 Å². The highest BCUT2D eigenvalue weighted by Gasteiger charge is 2.42. The number of phenolic OH excluding ortho intramolecular Hbond substituents is 1. The Labute approximate surface area is 244 Å².